The van der Waals surface area contributed by atoms with Crippen LogP contribution in [0.3, 0.4) is 0 Å². The Balaban J connectivity index is 2.50. The second-order valence-electron chi connectivity index (χ2n) is 5.17. The highest BCUT2D eigenvalue weighted by molar-refractivity contribution is 5.81. The van der Waals surface area contributed by atoms with Crippen molar-refractivity contribution >= 4 is 5.91 Å². The lowest BCUT2D eigenvalue weighted by molar-refractivity contribution is -0.123. The molecule has 0 aliphatic carbocycles. The van der Waals surface area contributed by atoms with E-state index >= 15 is 0 Å². The number of para-hydroxylation sites is 1. The van der Waals surface area contributed by atoms with Gasteiger partial charge < -0.3 is 15.8 Å². The van der Waals surface area contributed by atoms with Crippen molar-refractivity contribution in [2.45, 2.75) is 51.6 Å². The van der Waals surface area contributed by atoms with Gasteiger partial charge in [0.2, 0.25) is 5.91 Å². The molecule has 1 rings (SSSR count). The molecule has 0 saturated heterocycles. The molecule has 1 aromatic carbocycles. The Bertz CT molecular complexity index is 421. The van der Waals surface area contributed by atoms with Gasteiger partial charge in [0, 0.05) is 6.04 Å². The molecule has 20 heavy (non-hydrogen) atoms. The quantitative estimate of drug-likeness (QED) is 0.766. The number of hydrogen-bond donors (Lipinski definition) is 2. The number of amides is 1. The van der Waals surface area contributed by atoms with E-state index in [1.165, 1.54) is 0 Å². The smallest absolute Gasteiger partial charge is 0.237 e. The first-order chi connectivity index (χ1) is 9.58. The van der Waals surface area contributed by atoms with Crippen molar-refractivity contribution < 1.29 is 9.53 Å². The van der Waals surface area contributed by atoms with E-state index in [2.05, 4.69) is 12.2 Å². The monoisotopic (exact) mass is 278 g/mol. The van der Waals surface area contributed by atoms with Crippen LogP contribution in [0.15, 0.2) is 24.3 Å². The molecule has 0 aliphatic heterocycles. The number of benzene rings is 1. The van der Waals surface area contributed by atoms with E-state index < -0.39 is 6.04 Å². The van der Waals surface area contributed by atoms with Crippen LogP contribution in [-0.4, -0.2) is 25.1 Å². The molecule has 0 spiro atoms. The minimum absolute atomic E-state index is 0.0338. The third-order valence-corrected chi connectivity index (χ3v) is 3.31. The lowest BCUT2D eigenvalue weighted by Gasteiger charge is -2.18. The summed E-state index contributed by atoms with van der Waals surface area (Å²) in [6.45, 7) is 4.08. The van der Waals surface area contributed by atoms with Gasteiger partial charge in [-0.05, 0) is 31.4 Å². The summed E-state index contributed by atoms with van der Waals surface area (Å²) in [5.74, 6) is 0.782. The summed E-state index contributed by atoms with van der Waals surface area (Å²) in [5.41, 5.74) is 6.95. The first-order valence-corrected chi connectivity index (χ1v) is 7.26. The Morgan fingerprint density at radius 3 is 2.75 bits per heavy atom. The normalized spacial score (nSPS) is 13.6. The maximum absolute atomic E-state index is 11.9. The Hall–Kier alpha value is -1.55. The fourth-order valence-electron chi connectivity index (χ4n) is 2.16. The van der Waals surface area contributed by atoms with E-state index in [4.69, 9.17) is 10.5 Å². The molecule has 3 N–H and O–H groups in total. The maximum atomic E-state index is 11.9. The SMILES string of the molecule is CCCC[C@H](N)C(=O)NC(C)Cc1ccccc1OC. The van der Waals surface area contributed by atoms with Crippen LogP contribution in [0.25, 0.3) is 0 Å². The summed E-state index contributed by atoms with van der Waals surface area (Å²) < 4.78 is 5.31. The number of rotatable bonds is 8. The Labute approximate surface area is 121 Å². The van der Waals surface area contributed by atoms with Crippen LogP contribution in [0.4, 0.5) is 0 Å². The predicted molar refractivity (Wildman–Crippen MR) is 81.8 cm³/mol. The number of hydrogen-bond acceptors (Lipinski definition) is 3. The van der Waals surface area contributed by atoms with Gasteiger partial charge in [-0.2, -0.15) is 0 Å². The van der Waals surface area contributed by atoms with Crippen LogP contribution in [0.5, 0.6) is 5.75 Å². The number of unbranched alkanes of at least 4 members (excludes halogenated alkanes) is 1. The summed E-state index contributed by atoms with van der Waals surface area (Å²) in [4.78, 5) is 11.9. The number of methoxy groups -OCH3 is 1. The van der Waals surface area contributed by atoms with Crippen LogP contribution in [-0.2, 0) is 11.2 Å². The molecule has 0 fully saturated rings. The van der Waals surface area contributed by atoms with Gasteiger partial charge >= 0.3 is 0 Å². The average Bonchev–Trinajstić information content (AvgIpc) is 2.45. The zero-order chi connectivity index (χ0) is 15.0. The molecular formula is C16H26N2O2. The molecule has 112 valence electrons. The van der Waals surface area contributed by atoms with Crippen LogP contribution >= 0.6 is 0 Å². The maximum Gasteiger partial charge on any atom is 0.237 e. The van der Waals surface area contributed by atoms with Crippen molar-refractivity contribution in [2.24, 2.45) is 5.73 Å². The van der Waals surface area contributed by atoms with Crippen molar-refractivity contribution in [1.29, 1.82) is 0 Å². The lowest BCUT2D eigenvalue weighted by atomic mass is 10.0. The number of nitrogens with one attached hydrogen (secondary N) is 1. The number of nitrogens with two attached hydrogens (primary N) is 1. The zero-order valence-corrected chi connectivity index (χ0v) is 12.7. The molecular weight excluding hydrogens is 252 g/mol. The Kier molecular flexibility index (Phi) is 7.09. The molecule has 0 aliphatic rings. The Morgan fingerprint density at radius 2 is 2.10 bits per heavy atom. The van der Waals surface area contributed by atoms with Gasteiger partial charge in [-0.3, -0.25) is 4.79 Å². The minimum atomic E-state index is -0.407. The highest BCUT2D eigenvalue weighted by Gasteiger charge is 2.16. The molecule has 4 nitrogen and oxygen atoms in total. The van der Waals surface area contributed by atoms with Crippen molar-refractivity contribution in [3.63, 3.8) is 0 Å². The van der Waals surface area contributed by atoms with Crippen molar-refractivity contribution in [3.8, 4) is 5.75 Å². The van der Waals surface area contributed by atoms with Crippen molar-refractivity contribution in [3.05, 3.63) is 29.8 Å². The van der Waals surface area contributed by atoms with Crippen LogP contribution in [0.1, 0.15) is 38.7 Å². The van der Waals surface area contributed by atoms with E-state index in [1.807, 2.05) is 31.2 Å². The summed E-state index contributed by atoms with van der Waals surface area (Å²) in [7, 11) is 1.66. The minimum Gasteiger partial charge on any atom is -0.496 e. The van der Waals surface area contributed by atoms with Crippen molar-refractivity contribution in [1.82, 2.24) is 5.32 Å². The van der Waals surface area contributed by atoms with Gasteiger partial charge in [0.05, 0.1) is 13.2 Å². The number of carbonyl (C=O) groups excluding carboxylic acids is 1. The van der Waals surface area contributed by atoms with Gasteiger partial charge in [0.1, 0.15) is 5.75 Å². The largest absolute Gasteiger partial charge is 0.496 e. The van der Waals surface area contributed by atoms with Gasteiger partial charge in [0.15, 0.2) is 0 Å². The number of carbonyl (C=O) groups is 1. The predicted octanol–water partition coefficient (Wildman–Crippen LogP) is 2.26. The van der Waals surface area contributed by atoms with E-state index in [0.29, 0.717) is 0 Å². The fourth-order valence-corrected chi connectivity index (χ4v) is 2.16. The summed E-state index contributed by atoms with van der Waals surface area (Å²) in [5, 5.41) is 2.97. The van der Waals surface area contributed by atoms with Crippen molar-refractivity contribution in [2.75, 3.05) is 7.11 Å². The highest BCUT2D eigenvalue weighted by atomic mass is 16.5. The third kappa shape index (κ3) is 5.21. The molecule has 1 amide bonds. The summed E-state index contributed by atoms with van der Waals surface area (Å²) in [6.07, 6.45) is 3.51. The molecule has 4 heteroatoms. The van der Waals surface area contributed by atoms with E-state index in [1.54, 1.807) is 7.11 Å². The molecule has 2 atom stereocenters. The fraction of sp³-hybridized carbons (Fsp3) is 0.562. The molecule has 0 aromatic heterocycles. The van der Waals surface area contributed by atoms with E-state index in [-0.39, 0.29) is 11.9 Å². The lowest BCUT2D eigenvalue weighted by Crippen LogP contribution is -2.45. The molecule has 1 unspecified atom stereocenters. The first-order valence-electron chi connectivity index (χ1n) is 7.26. The van der Waals surface area contributed by atoms with Gasteiger partial charge in [0.25, 0.3) is 0 Å². The Morgan fingerprint density at radius 1 is 1.40 bits per heavy atom. The molecule has 0 radical (unpaired) electrons. The third-order valence-electron chi connectivity index (χ3n) is 3.31. The van der Waals surface area contributed by atoms with E-state index in [0.717, 1.165) is 37.0 Å². The van der Waals surface area contributed by atoms with Gasteiger partial charge in [-0.1, -0.05) is 38.0 Å². The first kappa shape index (κ1) is 16.5. The highest BCUT2D eigenvalue weighted by Crippen LogP contribution is 2.18. The second-order valence-corrected chi connectivity index (χ2v) is 5.17. The van der Waals surface area contributed by atoms with Gasteiger partial charge in [-0.25, -0.2) is 0 Å². The average molecular weight is 278 g/mol. The summed E-state index contributed by atoms with van der Waals surface area (Å²) in [6, 6.07) is 7.47. The topological polar surface area (TPSA) is 64.4 Å². The second kappa shape index (κ2) is 8.59. The molecule has 1 aromatic rings. The molecule has 0 heterocycles. The van der Waals surface area contributed by atoms with Crippen LogP contribution < -0.4 is 15.8 Å². The number of ether oxygens (including phenoxy) is 1. The van der Waals surface area contributed by atoms with Gasteiger partial charge in [-0.15, -0.1) is 0 Å². The zero-order valence-electron chi connectivity index (χ0n) is 12.7. The van der Waals surface area contributed by atoms with E-state index in [9.17, 15) is 4.79 Å². The van der Waals surface area contributed by atoms with Crippen LogP contribution in [0.2, 0.25) is 0 Å². The molecule has 0 bridgehead atoms. The standard InChI is InChI=1S/C16H26N2O2/c1-4-5-9-14(17)16(19)18-12(2)11-13-8-6-7-10-15(13)20-3/h6-8,10,12,14H,4-5,9,11,17H2,1-3H3,(H,18,19)/t12?,14-/m0/s1. The summed E-state index contributed by atoms with van der Waals surface area (Å²) >= 11 is 0. The molecule has 0 saturated carbocycles. The van der Waals surface area contributed by atoms with Crippen LogP contribution in [0, 0.1) is 0 Å².